The lowest BCUT2D eigenvalue weighted by molar-refractivity contribution is -0.137. The van der Waals surface area contributed by atoms with Gasteiger partial charge in [-0.05, 0) is 36.7 Å². The van der Waals surface area contributed by atoms with Crippen molar-refractivity contribution in [2.75, 3.05) is 6.54 Å². The Morgan fingerprint density at radius 2 is 1.91 bits per heavy atom. The highest BCUT2D eigenvalue weighted by Gasteiger charge is 2.30. The predicted molar refractivity (Wildman–Crippen MR) is 119 cm³/mol. The van der Waals surface area contributed by atoms with Gasteiger partial charge in [0.05, 0.1) is 16.8 Å². The van der Waals surface area contributed by atoms with E-state index in [9.17, 15) is 18.0 Å². The number of ketones is 1. The van der Waals surface area contributed by atoms with Crippen LogP contribution >= 0.6 is 0 Å². The zero-order chi connectivity index (χ0) is 23.7. The quantitative estimate of drug-likeness (QED) is 0.423. The average molecular weight is 464 g/mol. The van der Waals surface area contributed by atoms with Crippen LogP contribution < -0.4 is 10.1 Å². The number of hydrogen-bond donors (Lipinski definition) is 1. The van der Waals surface area contributed by atoms with Gasteiger partial charge in [-0.2, -0.15) is 13.2 Å². The molecule has 0 saturated heterocycles. The number of halogens is 3. The van der Waals surface area contributed by atoms with Crippen LogP contribution in [0, 0.1) is 0 Å². The van der Waals surface area contributed by atoms with E-state index in [4.69, 9.17) is 4.74 Å². The summed E-state index contributed by atoms with van der Waals surface area (Å²) in [7, 11) is 0. The van der Waals surface area contributed by atoms with Gasteiger partial charge >= 0.3 is 6.18 Å². The molecule has 0 saturated carbocycles. The third-order valence-electron chi connectivity index (χ3n) is 5.67. The van der Waals surface area contributed by atoms with E-state index in [1.165, 1.54) is 18.5 Å². The van der Waals surface area contributed by atoms with E-state index >= 15 is 0 Å². The molecule has 34 heavy (non-hydrogen) atoms. The Bertz CT molecular complexity index is 1390. The molecular formula is C25H19F3N4O2. The highest BCUT2D eigenvalue weighted by molar-refractivity contribution is 6.08. The maximum absolute atomic E-state index is 13.0. The van der Waals surface area contributed by atoms with Crippen molar-refractivity contribution in [3.63, 3.8) is 0 Å². The Hall–Kier alpha value is -3.85. The number of hydrogen-bond acceptors (Lipinski definition) is 6. The fourth-order valence-corrected chi connectivity index (χ4v) is 4.02. The van der Waals surface area contributed by atoms with E-state index in [0.717, 1.165) is 36.4 Å². The highest BCUT2D eigenvalue weighted by atomic mass is 19.4. The summed E-state index contributed by atoms with van der Waals surface area (Å²) >= 11 is 0. The van der Waals surface area contributed by atoms with E-state index in [-0.39, 0.29) is 12.2 Å². The first-order chi connectivity index (χ1) is 16.4. The van der Waals surface area contributed by atoms with Gasteiger partial charge in [-0.1, -0.05) is 30.3 Å². The van der Waals surface area contributed by atoms with Crippen LogP contribution in [-0.2, 0) is 25.6 Å². The number of carbonyl (C=O) groups is 1. The number of carbonyl (C=O) groups excluding carboxylic acids is 1. The third-order valence-corrected chi connectivity index (χ3v) is 5.67. The van der Waals surface area contributed by atoms with Crippen LogP contribution in [0.3, 0.4) is 0 Å². The lowest BCUT2D eigenvalue weighted by Gasteiger charge is -2.18. The molecule has 0 unspecified atom stereocenters. The summed E-state index contributed by atoms with van der Waals surface area (Å²) in [6.45, 7) is 1.45. The number of pyridine rings is 1. The summed E-state index contributed by atoms with van der Waals surface area (Å²) in [4.78, 5) is 26.0. The Kier molecular flexibility index (Phi) is 5.70. The molecule has 2 aromatic carbocycles. The fourth-order valence-electron chi connectivity index (χ4n) is 4.02. The molecule has 1 aliphatic rings. The number of fused-ring (bicyclic) bond motifs is 2. The molecule has 3 heterocycles. The van der Waals surface area contributed by atoms with Gasteiger partial charge in [-0.3, -0.25) is 4.79 Å². The Labute approximate surface area is 192 Å². The maximum atomic E-state index is 13.0. The van der Waals surface area contributed by atoms with Crippen molar-refractivity contribution in [3.8, 4) is 11.8 Å². The lowest BCUT2D eigenvalue weighted by Crippen LogP contribution is -2.25. The molecule has 0 amide bonds. The second-order valence-corrected chi connectivity index (χ2v) is 7.95. The summed E-state index contributed by atoms with van der Waals surface area (Å²) in [5.41, 5.74) is 2.28. The smallest absolute Gasteiger partial charge is 0.416 e. The number of aromatic nitrogens is 3. The number of alkyl halides is 3. The standard InChI is InChI=1S/C25H19F3N4O2/c26-25(27,28)16-4-1-3-15(11-16)12-22(33)18-5-2-6-20-17(18)7-8-23(32-20)34-24-19-9-10-29-13-21(19)30-14-31-24/h1-8,11,14,29H,9-10,12-13H2. The molecule has 6 nitrogen and oxygen atoms in total. The van der Waals surface area contributed by atoms with Crippen LogP contribution in [0.1, 0.15) is 32.7 Å². The highest BCUT2D eigenvalue weighted by Crippen LogP contribution is 2.31. The SMILES string of the molecule is O=C(Cc1cccc(C(F)(F)F)c1)c1cccc2nc(Oc3ncnc4c3CCNC4)ccc12. The van der Waals surface area contributed by atoms with Gasteiger partial charge in [-0.25, -0.2) is 15.0 Å². The van der Waals surface area contributed by atoms with Crippen molar-refractivity contribution in [2.45, 2.75) is 25.6 Å². The van der Waals surface area contributed by atoms with Crippen molar-refractivity contribution in [2.24, 2.45) is 0 Å². The molecule has 0 radical (unpaired) electrons. The van der Waals surface area contributed by atoms with Gasteiger partial charge in [0, 0.05) is 35.5 Å². The largest absolute Gasteiger partial charge is 0.420 e. The zero-order valence-corrected chi connectivity index (χ0v) is 17.9. The minimum absolute atomic E-state index is 0.150. The van der Waals surface area contributed by atoms with E-state index < -0.39 is 11.7 Å². The van der Waals surface area contributed by atoms with Crippen LogP contribution in [-0.4, -0.2) is 27.3 Å². The minimum Gasteiger partial charge on any atom is -0.420 e. The summed E-state index contributed by atoms with van der Waals surface area (Å²) in [6.07, 6.45) is -2.42. The van der Waals surface area contributed by atoms with E-state index in [0.29, 0.717) is 40.3 Å². The molecule has 0 bridgehead atoms. The number of nitrogens with one attached hydrogen (secondary N) is 1. The van der Waals surface area contributed by atoms with E-state index in [1.807, 2.05) is 0 Å². The summed E-state index contributed by atoms with van der Waals surface area (Å²) < 4.78 is 45.0. The van der Waals surface area contributed by atoms with Crippen molar-refractivity contribution < 1.29 is 22.7 Å². The van der Waals surface area contributed by atoms with Gasteiger partial charge in [0.1, 0.15) is 6.33 Å². The summed E-state index contributed by atoms with van der Waals surface area (Å²) in [6, 6.07) is 13.3. The molecular weight excluding hydrogens is 445 g/mol. The molecule has 0 aliphatic carbocycles. The lowest BCUT2D eigenvalue weighted by atomic mass is 9.98. The van der Waals surface area contributed by atoms with Crippen LogP contribution in [0.15, 0.2) is 60.9 Å². The number of ether oxygens (including phenoxy) is 1. The average Bonchev–Trinajstić information content (AvgIpc) is 2.83. The molecule has 0 spiro atoms. The van der Waals surface area contributed by atoms with Crippen LogP contribution in [0.5, 0.6) is 11.8 Å². The van der Waals surface area contributed by atoms with Crippen LogP contribution in [0.4, 0.5) is 13.2 Å². The number of rotatable bonds is 5. The molecule has 5 rings (SSSR count). The minimum atomic E-state index is -4.46. The molecule has 1 aliphatic heterocycles. The molecule has 0 atom stereocenters. The number of nitrogens with zero attached hydrogens (tertiary/aromatic N) is 3. The summed E-state index contributed by atoms with van der Waals surface area (Å²) in [5, 5.41) is 3.85. The third kappa shape index (κ3) is 4.47. The van der Waals surface area contributed by atoms with Crippen molar-refractivity contribution in [1.29, 1.82) is 0 Å². The molecule has 172 valence electrons. The molecule has 0 fully saturated rings. The maximum Gasteiger partial charge on any atom is 0.416 e. The Morgan fingerprint density at radius 1 is 1.06 bits per heavy atom. The van der Waals surface area contributed by atoms with E-state index in [1.54, 1.807) is 30.3 Å². The Morgan fingerprint density at radius 3 is 2.76 bits per heavy atom. The van der Waals surface area contributed by atoms with E-state index in [2.05, 4.69) is 20.3 Å². The van der Waals surface area contributed by atoms with Gasteiger partial charge in [-0.15, -0.1) is 0 Å². The summed E-state index contributed by atoms with van der Waals surface area (Å²) in [5.74, 6) is 0.488. The molecule has 9 heteroatoms. The topological polar surface area (TPSA) is 77.0 Å². The number of benzene rings is 2. The first-order valence-corrected chi connectivity index (χ1v) is 10.7. The molecule has 2 aromatic heterocycles. The van der Waals surface area contributed by atoms with Gasteiger partial charge in [0.15, 0.2) is 5.78 Å². The van der Waals surface area contributed by atoms with Crippen molar-refractivity contribution in [3.05, 3.63) is 88.9 Å². The predicted octanol–water partition coefficient (Wildman–Crippen LogP) is 4.91. The monoisotopic (exact) mass is 464 g/mol. The molecule has 4 aromatic rings. The zero-order valence-electron chi connectivity index (χ0n) is 17.9. The fraction of sp³-hybridized carbons (Fsp3) is 0.200. The van der Waals surface area contributed by atoms with Crippen molar-refractivity contribution >= 4 is 16.7 Å². The first kappa shape index (κ1) is 22.0. The van der Waals surface area contributed by atoms with Crippen molar-refractivity contribution in [1.82, 2.24) is 20.3 Å². The number of Topliss-reactive ketones (excluding diaryl/α,β-unsaturated/α-hetero) is 1. The second kappa shape index (κ2) is 8.83. The Balaban J connectivity index is 1.41. The first-order valence-electron chi connectivity index (χ1n) is 10.7. The van der Waals surface area contributed by atoms with Gasteiger partial charge in [0.25, 0.3) is 0 Å². The molecule has 1 N–H and O–H groups in total. The van der Waals surface area contributed by atoms with Gasteiger partial charge in [0.2, 0.25) is 11.8 Å². The van der Waals surface area contributed by atoms with Crippen LogP contribution in [0.25, 0.3) is 10.9 Å². The normalized spacial score (nSPS) is 13.5. The van der Waals surface area contributed by atoms with Gasteiger partial charge < -0.3 is 10.1 Å². The second-order valence-electron chi connectivity index (χ2n) is 7.95. The van der Waals surface area contributed by atoms with Crippen LogP contribution in [0.2, 0.25) is 0 Å².